The Morgan fingerprint density at radius 2 is 1.86 bits per heavy atom. The van der Waals surface area contributed by atoms with Crippen LogP contribution in [-0.4, -0.2) is 43.8 Å². The van der Waals surface area contributed by atoms with Gasteiger partial charge in [0, 0.05) is 19.7 Å². The summed E-state index contributed by atoms with van der Waals surface area (Å²) in [7, 11) is 1.79. The van der Waals surface area contributed by atoms with E-state index in [4.69, 9.17) is 4.74 Å². The van der Waals surface area contributed by atoms with Crippen molar-refractivity contribution in [3.05, 3.63) is 35.9 Å². The molecule has 1 aromatic carbocycles. The van der Waals surface area contributed by atoms with Crippen molar-refractivity contribution in [2.75, 3.05) is 33.3 Å². The van der Waals surface area contributed by atoms with Crippen LogP contribution in [0.3, 0.4) is 0 Å². The standard InChI is InChI=1S/C18H30N2O/c1-18(2,21-3)11-12-19-15-17(20-13-7-8-14-20)16-9-5-4-6-10-16/h4-6,9-10,17,19H,7-8,11-15H2,1-3H3. The summed E-state index contributed by atoms with van der Waals surface area (Å²) in [6.07, 6.45) is 3.70. The van der Waals surface area contributed by atoms with Crippen molar-refractivity contribution in [2.24, 2.45) is 0 Å². The van der Waals surface area contributed by atoms with E-state index in [0.717, 1.165) is 19.5 Å². The second kappa shape index (κ2) is 7.92. The van der Waals surface area contributed by atoms with Gasteiger partial charge in [-0.1, -0.05) is 30.3 Å². The lowest BCUT2D eigenvalue weighted by Gasteiger charge is -2.29. The van der Waals surface area contributed by atoms with E-state index in [9.17, 15) is 0 Å². The summed E-state index contributed by atoms with van der Waals surface area (Å²) in [6.45, 7) is 8.76. The third-order valence-electron chi connectivity index (χ3n) is 4.56. The number of hydrogen-bond acceptors (Lipinski definition) is 3. The van der Waals surface area contributed by atoms with Crippen molar-refractivity contribution in [1.82, 2.24) is 10.2 Å². The zero-order chi connectivity index (χ0) is 15.1. The van der Waals surface area contributed by atoms with Crippen LogP contribution in [0.4, 0.5) is 0 Å². The van der Waals surface area contributed by atoms with Gasteiger partial charge in [-0.2, -0.15) is 0 Å². The van der Waals surface area contributed by atoms with Crippen LogP contribution in [0.2, 0.25) is 0 Å². The van der Waals surface area contributed by atoms with Gasteiger partial charge in [0.25, 0.3) is 0 Å². The minimum absolute atomic E-state index is 0.0388. The maximum atomic E-state index is 5.48. The Hall–Kier alpha value is -0.900. The average molecular weight is 290 g/mol. The smallest absolute Gasteiger partial charge is 0.0634 e. The van der Waals surface area contributed by atoms with Crippen LogP contribution < -0.4 is 5.32 Å². The summed E-state index contributed by atoms with van der Waals surface area (Å²) in [4.78, 5) is 2.61. The van der Waals surface area contributed by atoms with E-state index < -0.39 is 0 Å². The summed E-state index contributed by atoms with van der Waals surface area (Å²) < 4.78 is 5.48. The molecule has 1 atom stereocenters. The Morgan fingerprint density at radius 3 is 2.48 bits per heavy atom. The maximum Gasteiger partial charge on any atom is 0.0634 e. The van der Waals surface area contributed by atoms with Gasteiger partial charge in [-0.15, -0.1) is 0 Å². The Kier molecular flexibility index (Phi) is 6.22. The molecule has 1 saturated heterocycles. The van der Waals surface area contributed by atoms with Crippen molar-refractivity contribution in [2.45, 2.75) is 44.8 Å². The number of rotatable bonds is 8. The third-order valence-corrected chi connectivity index (χ3v) is 4.56. The van der Waals surface area contributed by atoms with Crippen molar-refractivity contribution in [3.8, 4) is 0 Å². The fourth-order valence-electron chi connectivity index (χ4n) is 2.92. The number of likely N-dealkylation sites (tertiary alicyclic amines) is 1. The Labute approximate surface area is 129 Å². The second-order valence-corrected chi connectivity index (χ2v) is 6.59. The Morgan fingerprint density at radius 1 is 1.19 bits per heavy atom. The highest BCUT2D eigenvalue weighted by molar-refractivity contribution is 5.19. The van der Waals surface area contributed by atoms with E-state index in [-0.39, 0.29) is 5.60 Å². The molecule has 0 spiro atoms. The number of hydrogen-bond donors (Lipinski definition) is 1. The van der Waals surface area contributed by atoms with Crippen molar-refractivity contribution >= 4 is 0 Å². The summed E-state index contributed by atoms with van der Waals surface area (Å²) in [6, 6.07) is 11.4. The molecule has 1 aliphatic rings. The van der Waals surface area contributed by atoms with Gasteiger partial charge in [0.1, 0.15) is 0 Å². The monoisotopic (exact) mass is 290 g/mol. The topological polar surface area (TPSA) is 24.5 Å². The fourth-order valence-corrected chi connectivity index (χ4v) is 2.92. The van der Waals surface area contributed by atoms with E-state index >= 15 is 0 Å². The largest absolute Gasteiger partial charge is 0.379 e. The van der Waals surface area contributed by atoms with Crippen LogP contribution in [0.25, 0.3) is 0 Å². The summed E-state index contributed by atoms with van der Waals surface area (Å²) in [5.41, 5.74) is 1.39. The molecule has 0 aliphatic carbocycles. The number of nitrogens with one attached hydrogen (secondary N) is 1. The SMILES string of the molecule is COC(C)(C)CCNCC(c1ccccc1)N1CCCC1. The van der Waals surface area contributed by atoms with Crippen molar-refractivity contribution < 1.29 is 4.74 Å². The van der Waals surface area contributed by atoms with Crippen molar-refractivity contribution in [3.63, 3.8) is 0 Å². The van der Waals surface area contributed by atoms with E-state index in [1.165, 1.54) is 31.5 Å². The molecule has 1 unspecified atom stereocenters. The first-order valence-corrected chi connectivity index (χ1v) is 8.17. The van der Waals surface area contributed by atoms with Gasteiger partial charge in [0.2, 0.25) is 0 Å². The second-order valence-electron chi connectivity index (χ2n) is 6.59. The Balaban J connectivity index is 1.88. The molecule has 118 valence electrons. The molecule has 1 heterocycles. The van der Waals surface area contributed by atoms with Crippen LogP contribution in [-0.2, 0) is 4.74 Å². The molecule has 3 heteroatoms. The minimum Gasteiger partial charge on any atom is -0.379 e. The quantitative estimate of drug-likeness (QED) is 0.744. The van der Waals surface area contributed by atoms with Crippen LogP contribution >= 0.6 is 0 Å². The molecule has 1 aromatic rings. The summed E-state index contributed by atoms with van der Waals surface area (Å²) in [5.74, 6) is 0. The van der Waals surface area contributed by atoms with Gasteiger partial charge in [-0.25, -0.2) is 0 Å². The summed E-state index contributed by atoms with van der Waals surface area (Å²) in [5, 5.41) is 3.63. The molecule has 3 nitrogen and oxygen atoms in total. The first kappa shape index (κ1) is 16.5. The molecular weight excluding hydrogens is 260 g/mol. The molecule has 0 amide bonds. The highest BCUT2D eigenvalue weighted by Gasteiger charge is 2.23. The van der Waals surface area contributed by atoms with Gasteiger partial charge >= 0.3 is 0 Å². The van der Waals surface area contributed by atoms with Gasteiger partial charge < -0.3 is 10.1 Å². The normalized spacial score (nSPS) is 18.0. The lowest BCUT2D eigenvalue weighted by Crippen LogP contribution is -2.36. The highest BCUT2D eigenvalue weighted by atomic mass is 16.5. The maximum absolute atomic E-state index is 5.48. The number of methoxy groups -OCH3 is 1. The van der Waals surface area contributed by atoms with E-state index in [0.29, 0.717) is 6.04 Å². The summed E-state index contributed by atoms with van der Waals surface area (Å²) >= 11 is 0. The Bertz CT molecular complexity index is 399. The molecule has 0 aromatic heterocycles. The molecule has 0 radical (unpaired) electrons. The van der Waals surface area contributed by atoms with Gasteiger partial charge in [-0.05, 0) is 58.3 Å². The molecule has 0 saturated carbocycles. The predicted molar refractivity (Wildman–Crippen MR) is 88.6 cm³/mol. The molecule has 21 heavy (non-hydrogen) atoms. The molecular formula is C18H30N2O. The van der Waals surface area contributed by atoms with E-state index in [1.54, 1.807) is 7.11 Å². The highest BCUT2D eigenvalue weighted by Crippen LogP contribution is 2.24. The number of nitrogens with zero attached hydrogens (tertiary/aromatic N) is 1. The lowest BCUT2D eigenvalue weighted by molar-refractivity contribution is 0.0156. The van der Waals surface area contributed by atoms with E-state index in [1.807, 2.05) is 0 Å². The van der Waals surface area contributed by atoms with Crippen LogP contribution in [0, 0.1) is 0 Å². The average Bonchev–Trinajstić information content (AvgIpc) is 3.02. The van der Waals surface area contributed by atoms with Crippen molar-refractivity contribution in [1.29, 1.82) is 0 Å². The van der Waals surface area contributed by atoms with Gasteiger partial charge in [-0.3, -0.25) is 4.90 Å². The van der Waals surface area contributed by atoms with Gasteiger partial charge in [0.15, 0.2) is 0 Å². The molecule has 1 N–H and O–H groups in total. The first-order chi connectivity index (χ1) is 10.1. The van der Waals surface area contributed by atoms with Gasteiger partial charge in [0.05, 0.1) is 5.60 Å². The molecule has 0 bridgehead atoms. The van der Waals surface area contributed by atoms with Crippen LogP contribution in [0.1, 0.15) is 44.7 Å². The predicted octanol–water partition coefficient (Wildman–Crippen LogP) is 3.23. The zero-order valence-corrected chi connectivity index (χ0v) is 13.8. The third kappa shape index (κ3) is 5.10. The molecule has 1 aliphatic heterocycles. The van der Waals surface area contributed by atoms with Crippen LogP contribution in [0.5, 0.6) is 0 Å². The lowest BCUT2D eigenvalue weighted by atomic mass is 10.0. The number of benzene rings is 1. The minimum atomic E-state index is -0.0388. The molecule has 2 rings (SSSR count). The fraction of sp³-hybridized carbons (Fsp3) is 0.667. The zero-order valence-electron chi connectivity index (χ0n) is 13.8. The number of ether oxygens (including phenoxy) is 1. The van der Waals surface area contributed by atoms with E-state index in [2.05, 4.69) is 54.4 Å². The molecule has 1 fully saturated rings. The van der Waals surface area contributed by atoms with Crippen LogP contribution in [0.15, 0.2) is 30.3 Å². The first-order valence-electron chi connectivity index (χ1n) is 8.17.